The first-order chi connectivity index (χ1) is 17.9. The SMILES string of the molecule is CNC(=O)C(CCC=O)N1Cc2c(OCCCCOc3cc(C)nc4ccccc34)cc(F)cc2C1=O. The van der Waals surface area contributed by atoms with E-state index in [1.165, 1.54) is 24.1 Å². The van der Waals surface area contributed by atoms with Crippen molar-refractivity contribution in [3.05, 3.63) is 65.1 Å². The van der Waals surface area contributed by atoms with Crippen molar-refractivity contribution in [1.29, 1.82) is 0 Å². The lowest BCUT2D eigenvalue weighted by Gasteiger charge is -2.25. The van der Waals surface area contributed by atoms with Gasteiger partial charge < -0.3 is 24.5 Å². The van der Waals surface area contributed by atoms with Crippen molar-refractivity contribution in [3.63, 3.8) is 0 Å². The van der Waals surface area contributed by atoms with Crippen LogP contribution < -0.4 is 14.8 Å². The van der Waals surface area contributed by atoms with Crippen LogP contribution >= 0.6 is 0 Å². The molecule has 0 fully saturated rings. The van der Waals surface area contributed by atoms with Gasteiger partial charge in [-0.1, -0.05) is 12.1 Å². The highest BCUT2D eigenvalue weighted by Gasteiger charge is 2.38. The number of aryl methyl sites for hydroxylation is 1. The van der Waals surface area contributed by atoms with E-state index in [-0.39, 0.29) is 36.6 Å². The molecular weight excluding hydrogens is 477 g/mol. The molecule has 0 spiro atoms. The molecule has 2 amide bonds. The van der Waals surface area contributed by atoms with Crippen LogP contribution in [-0.4, -0.2) is 54.3 Å². The standard InChI is InChI=1S/C28H30FN3O5/c1-18-14-25(20-8-3-4-9-23(20)31-18)36-12-5-6-13-37-26-16-19(29)15-21-22(26)17-32(28(21)35)24(10-7-11-33)27(34)30-2/h3-4,8-9,11,14-16,24H,5-7,10,12-13,17H2,1-2H3,(H,30,34). The number of carbonyl (C=O) groups is 3. The van der Waals surface area contributed by atoms with Gasteiger partial charge in [0.15, 0.2) is 0 Å². The molecule has 2 aromatic carbocycles. The second-order valence-electron chi connectivity index (χ2n) is 8.92. The van der Waals surface area contributed by atoms with Crippen LogP contribution in [0.4, 0.5) is 4.39 Å². The highest BCUT2D eigenvalue weighted by Crippen LogP contribution is 2.34. The summed E-state index contributed by atoms with van der Waals surface area (Å²) in [5, 5.41) is 3.49. The first-order valence-corrected chi connectivity index (χ1v) is 12.3. The minimum Gasteiger partial charge on any atom is -0.493 e. The first kappa shape index (κ1) is 26.1. The number of aromatic nitrogens is 1. The normalized spacial score (nSPS) is 13.4. The van der Waals surface area contributed by atoms with Crippen molar-refractivity contribution in [3.8, 4) is 11.5 Å². The molecule has 0 saturated heterocycles. The van der Waals surface area contributed by atoms with Crippen LogP contribution in [0.5, 0.6) is 11.5 Å². The van der Waals surface area contributed by atoms with E-state index in [4.69, 9.17) is 9.47 Å². The zero-order valence-corrected chi connectivity index (χ0v) is 21.0. The van der Waals surface area contributed by atoms with Gasteiger partial charge in [0, 0.05) is 42.2 Å². The third-order valence-electron chi connectivity index (χ3n) is 6.34. The predicted octanol–water partition coefficient (Wildman–Crippen LogP) is 3.97. The summed E-state index contributed by atoms with van der Waals surface area (Å²) in [4.78, 5) is 42.1. The van der Waals surface area contributed by atoms with E-state index in [1.807, 2.05) is 37.3 Å². The number of ether oxygens (including phenoxy) is 2. The Kier molecular flexibility index (Phi) is 8.32. The third-order valence-corrected chi connectivity index (χ3v) is 6.34. The minimum absolute atomic E-state index is 0.109. The van der Waals surface area contributed by atoms with Crippen molar-refractivity contribution in [1.82, 2.24) is 15.2 Å². The second kappa shape index (κ2) is 11.8. The van der Waals surface area contributed by atoms with Crippen molar-refractivity contribution >= 4 is 29.0 Å². The molecule has 37 heavy (non-hydrogen) atoms. The van der Waals surface area contributed by atoms with Crippen LogP contribution in [0.25, 0.3) is 10.9 Å². The van der Waals surface area contributed by atoms with E-state index < -0.39 is 17.8 Å². The highest BCUT2D eigenvalue weighted by molar-refractivity contribution is 6.01. The number of benzene rings is 2. The number of amides is 2. The van der Waals surface area contributed by atoms with E-state index in [1.54, 1.807) is 0 Å². The number of hydrogen-bond donors (Lipinski definition) is 1. The molecule has 1 aliphatic rings. The Morgan fingerprint density at radius 2 is 1.89 bits per heavy atom. The average Bonchev–Trinajstić information content (AvgIpc) is 3.21. The topological polar surface area (TPSA) is 97.8 Å². The lowest BCUT2D eigenvalue weighted by molar-refractivity contribution is -0.125. The van der Waals surface area contributed by atoms with Crippen molar-refractivity contribution in [2.75, 3.05) is 20.3 Å². The number of fused-ring (bicyclic) bond motifs is 2. The van der Waals surface area contributed by atoms with E-state index in [0.29, 0.717) is 37.9 Å². The summed E-state index contributed by atoms with van der Waals surface area (Å²) < 4.78 is 26.2. The van der Waals surface area contributed by atoms with Crippen LogP contribution in [0.3, 0.4) is 0 Å². The molecule has 1 aromatic heterocycles. The Morgan fingerprint density at radius 3 is 2.62 bits per heavy atom. The van der Waals surface area contributed by atoms with Crippen molar-refractivity contribution in [2.45, 2.75) is 45.2 Å². The average molecular weight is 508 g/mol. The molecule has 0 bridgehead atoms. The molecule has 1 aliphatic heterocycles. The largest absolute Gasteiger partial charge is 0.493 e. The number of halogens is 1. The maximum atomic E-state index is 14.3. The second-order valence-corrected chi connectivity index (χ2v) is 8.92. The number of likely N-dealkylation sites (N-methyl/N-ethyl adjacent to an activating group) is 1. The molecule has 0 saturated carbocycles. The van der Waals surface area contributed by atoms with Gasteiger partial charge in [0.25, 0.3) is 5.91 Å². The van der Waals surface area contributed by atoms with Gasteiger partial charge in [-0.25, -0.2) is 4.39 Å². The molecule has 8 nitrogen and oxygen atoms in total. The van der Waals surface area contributed by atoms with Crippen LogP contribution in [0.15, 0.2) is 42.5 Å². The zero-order chi connectivity index (χ0) is 26.4. The summed E-state index contributed by atoms with van der Waals surface area (Å²) >= 11 is 0. The summed E-state index contributed by atoms with van der Waals surface area (Å²) in [6.07, 6.45) is 2.40. The van der Waals surface area contributed by atoms with Gasteiger partial charge in [0.05, 0.1) is 30.8 Å². The van der Waals surface area contributed by atoms with Crippen LogP contribution in [0.2, 0.25) is 0 Å². The molecule has 1 atom stereocenters. The first-order valence-electron chi connectivity index (χ1n) is 12.3. The summed E-state index contributed by atoms with van der Waals surface area (Å²) in [5.74, 6) is -0.341. The lowest BCUT2D eigenvalue weighted by atomic mass is 10.1. The molecule has 4 rings (SSSR count). The monoisotopic (exact) mass is 507 g/mol. The van der Waals surface area contributed by atoms with Gasteiger partial charge in [-0.2, -0.15) is 0 Å². The Labute approximate surface area is 214 Å². The fraction of sp³-hybridized carbons (Fsp3) is 0.357. The smallest absolute Gasteiger partial charge is 0.255 e. The minimum atomic E-state index is -0.823. The number of hydrogen-bond acceptors (Lipinski definition) is 6. The number of aldehydes is 1. The molecule has 2 heterocycles. The van der Waals surface area contributed by atoms with Gasteiger partial charge in [-0.3, -0.25) is 14.6 Å². The number of carbonyl (C=O) groups excluding carboxylic acids is 3. The molecule has 0 aliphatic carbocycles. The summed E-state index contributed by atoms with van der Waals surface area (Å²) in [6.45, 7) is 2.83. The van der Waals surface area contributed by atoms with Gasteiger partial charge in [-0.05, 0) is 44.4 Å². The van der Waals surface area contributed by atoms with Gasteiger partial charge in [0.1, 0.15) is 29.6 Å². The van der Waals surface area contributed by atoms with Crippen LogP contribution in [0, 0.1) is 12.7 Å². The Balaban J connectivity index is 1.36. The highest BCUT2D eigenvalue weighted by atomic mass is 19.1. The van der Waals surface area contributed by atoms with Crippen LogP contribution in [0.1, 0.15) is 47.3 Å². The summed E-state index contributed by atoms with van der Waals surface area (Å²) in [5.41, 5.74) is 2.49. The molecule has 194 valence electrons. The summed E-state index contributed by atoms with van der Waals surface area (Å²) in [7, 11) is 1.47. The number of rotatable bonds is 12. The maximum Gasteiger partial charge on any atom is 0.255 e. The number of para-hydroxylation sites is 1. The Hall–Kier alpha value is -4.01. The van der Waals surface area contributed by atoms with Gasteiger partial charge >= 0.3 is 0 Å². The molecule has 1 N–H and O–H groups in total. The van der Waals surface area contributed by atoms with E-state index in [2.05, 4.69) is 10.3 Å². The fourth-order valence-corrected chi connectivity index (χ4v) is 4.52. The van der Waals surface area contributed by atoms with Gasteiger partial charge in [0.2, 0.25) is 5.91 Å². The Bertz CT molecular complexity index is 1310. The van der Waals surface area contributed by atoms with Crippen LogP contribution in [-0.2, 0) is 16.1 Å². The Morgan fingerprint density at radius 1 is 1.16 bits per heavy atom. The number of pyridine rings is 1. The molecule has 9 heteroatoms. The molecular formula is C28H30FN3O5. The number of nitrogens with zero attached hydrogens (tertiary/aromatic N) is 2. The van der Waals surface area contributed by atoms with E-state index in [9.17, 15) is 18.8 Å². The van der Waals surface area contributed by atoms with Gasteiger partial charge in [-0.15, -0.1) is 0 Å². The zero-order valence-electron chi connectivity index (χ0n) is 21.0. The molecule has 0 radical (unpaired) electrons. The molecule has 1 unspecified atom stereocenters. The summed E-state index contributed by atoms with van der Waals surface area (Å²) in [6, 6.07) is 11.3. The quantitative estimate of drug-likeness (QED) is 0.294. The van der Waals surface area contributed by atoms with Crippen molar-refractivity contribution < 1.29 is 28.2 Å². The van der Waals surface area contributed by atoms with Crippen molar-refractivity contribution in [2.24, 2.45) is 0 Å². The lowest BCUT2D eigenvalue weighted by Crippen LogP contribution is -2.46. The number of nitrogens with one attached hydrogen (secondary N) is 1. The number of unbranched alkanes of at least 4 members (excludes halogenated alkanes) is 1. The van der Waals surface area contributed by atoms with E-state index >= 15 is 0 Å². The van der Waals surface area contributed by atoms with E-state index in [0.717, 1.165) is 22.3 Å². The maximum absolute atomic E-state index is 14.3. The third kappa shape index (κ3) is 5.87. The predicted molar refractivity (Wildman–Crippen MR) is 136 cm³/mol. The molecule has 3 aromatic rings. The fourth-order valence-electron chi connectivity index (χ4n) is 4.52.